The molecule has 0 aromatic carbocycles. The zero-order valence-corrected chi connectivity index (χ0v) is 13.7. The first-order chi connectivity index (χ1) is 12.1. The summed E-state index contributed by atoms with van der Waals surface area (Å²) >= 11 is 0. The number of nitrogens with two attached hydrogens (primary N) is 1. The van der Waals surface area contributed by atoms with E-state index in [-0.39, 0.29) is 31.3 Å². The molecule has 136 valence electrons. The number of amides is 1. The smallest absolute Gasteiger partial charge is 0.230 e. The van der Waals surface area contributed by atoms with E-state index in [2.05, 4.69) is 26.4 Å². The number of rotatable bonds is 3. The van der Waals surface area contributed by atoms with Gasteiger partial charge in [-0.2, -0.15) is 0 Å². The van der Waals surface area contributed by atoms with Crippen LogP contribution in [0.3, 0.4) is 0 Å². The average molecular weight is 350 g/mol. The van der Waals surface area contributed by atoms with Crippen molar-refractivity contribution in [2.24, 2.45) is 11.7 Å². The van der Waals surface area contributed by atoms with Crippen molar-refractivity contribution in [2.45, 2.75) is 24.7 Å². The minimum Gasteiger partial charge on any atom is -0.336 e. The van der Waals surface area contributed by atoms with E-state index in [9.17, 15) is 9.18 Å². The first-order valence-electron chi connectivity index (χ1n) is 8.47. The SMILES string of the molecule is NC1NN2CC(F)CNC2C1C(=O)NC1CNCN1c1cccnc1. The van der Waals surface area contributed by atoms with Gasteiger partial charge in [0, 0.05) is 25.8 Å². The molecule has 0 bridgehead atoms. The molecular formula is C15H23FN8O. The summed E-state index contributed by atoms with van der Waals surface area (Å²) in [5, 5.41) is 11.1. The molecule has 0 saturated carbocycles. The van der Waals surface area contributed by atoms with Gasteiger partial charge in [0.15, 0.2) is 0 Å². The number of alkyl halides is 1. The number of carbonyl (C=O) groups excluding carboxylic acids is 1. The fraction of sp³-hybridized carbons (Fsp3) is 0.600. The van der Waals surface area contributed by atoms with Crippen molar-refractivity contribution in [1.29, 1.82) is 0 Å². The first kappa shape index (κ1) is 16.6. The van der Waals surface area contributed by atoms with Gasteiger partial charge >= 0.3 is 0 Å². The largest absolute Gasteiger partial charge is 0.336 e. The first-order valence-corrected chi connectivity index (χ1v) is 8.47. The second-order valence-electron chi connectivity index (χ2n) is 6.60. The molecule has 3 saturated heterocycles. The number of pyridine rings is 1. The number of hydrogen-bond donors (Lipinski definition) is 5. The molecule has 1 aromatic heterocycles. The highest BCUT2D eigenvalue weighted by Gasteiger charge is 2.47. The van der Waals surface area contributed by atoms with Gasteiger partial charge < -0.3 is 16.0 Å². The topological polar surface area (TPSA) is 111 Å². The van der Waals surface area contributed by atoms with Crippen molar-refractivity contribution in [1.82, 2.24) is 31.4 Å². The van der Waals surface area contributed by atoms with Crippen LogP contribution in [0.4, 0.5) is 10.1 Å². The van der Waals surface area contributed by atoms with Crippen LogP contribution in [0.15, 0.2) is 24.5 Å². The minimum atomic E-state index is -0.974. The molecule has 4 rings (SSSR count). The molecule has 5 unspecified atom stereocenters. The minimum absolute atomic E-state index is 0.153. The van der Waals surface area contributed by atoms with Crippen LogP contribution in [-0.2, 0) is 4.79 Å². The molecule has 10 heteroatoms. The third kappa shape index (κ3) is 3.18. The predicted octanol–water partition coefficient (Wildman–Crippen LogP) is -2.12. The van der Waals surface area contributed by atoms with Crippen molar-refractivity contribution in [3.05, 3.63) is 24.5 Å². The average Bonchev–Trinajstić information content (AvgIpc) is 3.18. The summed E-state index contributed by atoms with van der Waals surface area (Å²) in [6.07, 6.45) is 1.46. The van der Waals surface area contributed by atoms with E-state index < -0.39 is 18.3 Å². The number of anilines is 1. The zero-order valence-electron chi connectivity index (χ0n) is 13.7. The lowest BCUT2D eigenvalue weighted by atomic mass is 10.0. The number of aromatic nitrogens is 1. The number of nitrogens with one attached hydrogen (secondary N) is 4. The van der Waals surface area contributed by atoms with E-state index in [4.69, 9.17) is 5.73 Å². The maximum Gasteiger partial charge on any atom is 0.230 e. The van der Waals surface area contributed by atoms with Crippen LogP contribution in [-0.4, -0.2) is 66.9 Å². The summed E-state index contributed by atoms with van der Waals surface area (Å²) in [7, 11) is 0. The summed E-state index contributed by atoms with van der Waals surface area (Å²) in [5.74, 6) is -0.649. The van der Waals surface area contributed by atoms with Gasteiger partial charge in [-0.05, 0) is 12.1 Å². The standard InChI is InChI=1S/C15H23FN8O/c16-9-4-20-14-12(13(17)22-24(14)7-9)15(25)21-11-6-19-8-23(11)10-2-1-3-18-5-10/h1-3,5,9,11-14,19-20,22H,4,6-8,17H2,(H,21,25). The van der Waals surface area contributed by atoms with Crippen LogP contribution in [0, 0.1) is 5.92 Å². The molecule has 3 aliphatic heterocycles. The quantitative estimate of drug-likeness (QED) is 0.421. The summed E-state index contributed by atoms with van der Waals surface area (Å²) in [4.78, 5) is 19.0. The Morgan fingerprint density at radius 1 is 1.44 bits per heavy atom. The maximum absolute atomic E-state index is 13.5. The van der Waals surface area contributed by atoms with Crippen molar-refractivity contribution >= 4 is 11.6 Å². The lowest BCUT2D eigenvalue weighted by Crippen LogP contribution is -2.59. The second-order valence-corrected chi connectivity index (χ2v) is 6.60. The Bertz CT molecular complexity index is 619. The van der Waals surface area contributed by atoms with Crippen LogP contribution in [0.25, 0.3) is 0 Å². The molecule has 0 spiro atoms. The molecule has 6 N–H and O–H groups in total. The second kappa shape index (κ2) is 6.81. The molecule has 4 heterocycles. The molecule has 5 atom stereocenters. The van der Waals surface area contributed by atoms with Gasteiger partial charge in [-0.25, -0.2) is 14.8 Å². The fourth-order valence-electron chi connectivity index (χ4n) is 3.71. The third-order valence-corrected chi connectivity index (χ3v) is 4.91. The Balaban J connectivity index is 1.44. The fourth-order valence-corrected chi connectivity index (χ4v) is 3.71. The van der Waals surface area contributed by atoms with Gasteiger partial charge in [0.25, 0.3) is 0 Å². The lowest BCUT2D eigenvalue weighted by molar-refractivity contribution is -0.127. The number of halogens is 1. The van der Waals surface area contributed by atoms with Crippen LogP contribution in [0.1, 0.15) is 0 Å². The van der Waals surface area contributed by atoms with Gasteiger partial charge in [0.1, 0.15) is 12.3 Å². The van der Waals surface area contributed by atoms with Crippen LogP contribution in [0.2, 0.25) is 0 Å². The maximum atomic E-state index is 13.5. The van der Waals surface area contributed by atoms with Gasteiger partial charge in [0.2, 0.25) is 5.91 Å². The number of carbonyl (C=O) groups is 1. The van der Waals surface area contributed by atoms with Gasteiger partial charge in [0.05, 0.1) is 36.8 Å². The summed E-state index contributed by atoms with van der Waals surface area (Å²) < 4.78 is 13.5. The Labute approximate surface area is 145 Å². The Hall–Kier alpha value is -1.85. The molecule has 25 heavy (non-hydrogen) atoms. The summed E-state index contributed by atoms with van der Waals surface area (Å²) in [5.41, 5.74) is 10.0. The van der Waals surface area contributed by atoms with Crippen molar-refractivity contribution in [2.75, 3.05) is 31.2 Å². The highest BCUT2D eigenvalue weighted by Crippen LogP contribution is 2.23. The molecule has 3 aliphatic rings. The van der Waals surface area contributed by atoms with Crippen LogP contribution >= 0.6 is 0 Å². The van der Waals surface area contributed by atoms with Crippen molar-refractivity contribution < 1.29 is 9.18 Å². The zero-order chi connectivity index (χ0) is 17.4. The van der Waals surface area contributed by atoms with Gasteiger partial charge in [-0.1, -0.05) is 0 Å². The highest BCUT2D eigenvalue weighted by atomic mass is 19.1. The Kier molecular flexibility index (Phi) is 4.52. The summed E-state index contributed by atoms with van der Waals surface area (Å²) in [6.45, 7) is 1.71. The van der Waals surface area contributed by atoms with Gasteiger partial charge in [-0.3, -0.25) is 20.4 Å². The summed E-state index contributed by atoms with van der Waals surface area (Å²) in [6, 6.07) is 3.81. The van der Waals surface area contributed by atoms with E-state index in [0.717, 1.165) is 5.69 Å². The number of hydrogen-bond acceptors (Lipinski definition) is 8. The van der Waals surface area contributed by atoms with E-state index in [0.29, 0.717) is 13.2 Å². The number of fused-ring (bicyclic) bond motifs is 1. The molecular weight excluding hydrogens is 327 g/mol. The predicted molar refractivity (Wildman–Crippen MR) is 89.5 cm³/mol. The van der Waals surface area contributed by atoms with Gasteiger partial charge in [-0.15, -0.1) is 0 Å². The monoisotopic (exact) mass is 350 g/mol. The number of nitrogens with zero attached hydrogens (tertiary/aromatic N) is 3. The molecule has 0 radical (unpaired) electrons. The number of hydrazine groups is 1. The van der Waals surface area contributed by atoms with Crippen LogP contribution in [0.5, 0.6) is 0 Å². The Morgan fingerprint density at radius 2 is 2.32 bits per heavy atom. The van der Waals surface area contributed by atoms with E-state index >= 15 is 0 Å². The third-order valence-electron chi connectivity index (χ3n) is 4.91. The molecule has 3 fully saturated rings. The molecule has 1 amide bonds. The normalized spacial score (nSPS) is 35.6. The molecule has 0 aliphatic carbocycles. The molecule has 1 aromatic rings. The van der Waals surface area contributed by atoms with E-state index in [1.54, 1.807) is 17.4 Å². The van der Waals surface area contributed by atoms with Crippen molar-refractivity contribution in [3.63, 3.8) is 0 Å². The van der Waals surface area contributed by atoms with E-state index in [1.165, 1.54) is 0 Å². The van der Waals surface area contributed by atoms with E-state index in [1.807, 2.05) is 17.0 Å². The van der Waals surface area contributed by atoms with Crippen LogP contribution < -0.4 is 32.0 Å². The molecule has 9 nitrogen and oxygen atoms in total. The highest BCUT2D eigenvalue weighted by molar-refractivity contribution is 5.81. The lowest BCUT2D eigenvalue weighted by Gasteiger charge is -2.34. The Morgan fingerprint density at radius 3 is 3.12 bits per heavy atom. The van der Waals surface area contributed by atoms with Crippen molar-refractivity contribution in [3.8, 4) is 0 Å².